The third-order valence-corrected chi connectivity index (χ3v) is 3.02. The van der Waals surface area contributed by atoms with Crippen molar-refractivity contribution in [3.05, 3.63) is 23.4 Å². The van der Waals surface area contributed by atoms with Crippen LogP contribution in [0.3, 0.4) is 0 Å². The smallest absolute Gasteiger partial charge is 0.151 e. The van der Waals surface area contributed by atoms with E-state index in [1.807, 2.05) is 13.0 Å². The van der Waals surface area contributed by atoms with E-state index in [1.165, 1.54) is 0 Å². The molecular weight excluding hydrogens is 212 g/mol. The molecule has 1 unspecified atom stereocenters. The number of hydrogen-bond donors (Lipinski definition) is 0. The lowest BCUT2D eigenvalue weighted by Crippen LogP contribution is -2.31. The van der Waals surface area contributed by atoms with Gasteiger partial charge in [0.05, 0.1) is 0 Å². The van der Waals surface area contributed by atoms with Crippen molar-refractivity contribution in [3.8, 4) is 0 Å². The summed E-state index contributed by atoms with van der Waals surface area (Å²) in [4.78, 5) is 17.2. The van der Waals surface area contributed by atoms with Crippen LogP contribution in [0, 0.1) is 12.8 Å². The van der Waals surface area contributed by atoms with E-state index in [1.54, 1.807) is 6.20 Å². The molecule has 1 aromatic heterocycles. The maximum atomic E-state index is 10.7. The molecule has 0 fully saturated rings. The quantitative estimate of drug-likeness (QED) is 0.734. The molecule has 0 spiro atoms. The molecule has 17 heavy (non-hydrogen) atoms. The van der Waals surface area contributed by atoms with Crippen LogP contribution in [0.4, 0.5) is 5.82 Å². The van der Waals surface area contributed by atoms with E-state index in [0.29, 0.717) is 17.5 Å². The summed E-state index contributed by atoms with van der Waals surface area (Å²) in [6.45, 7) is 8.64. The van der Waals surface area contributed by atoms with Crippen LogP contribution in [-0.2, 0) is 0 Å². The molecule has 0 saturated carbocycles. The molecular formula is C14H22N2O. The van der Waals surface area contributed by atoms with Crippen molar-refractivity contribution in [2.24, 2.45) is 5.92 Å². The fourth-order valence-electron chi connectivity index (χ4n) is 2.07. The number of aromatic nitrogens is 1. The molecule has 1 rings (SSSR count). The average Bonchev–Trinajstić information content (AvgIpc) is 2.27. The van der Waals surface area contributed by atoms with Gasteiger partial charge in [-0.05, 0) is 37.8 Å². The summed E-state index contributed by atoms with van der Waals surface area (Å²) in [5, 5.41) is 0. The predicted molar refractivity (Wildman–Crippen MR) is 71.7 cm³/mol. The summed E-state index contributed by atoms with van der Waals surface area (Å²) < 4.78 is 0. The minimum atomic E-state index is 0.447. The minimum Gasteiger partial charge on any atom is -0.357 e. The van der Waals surface area contributed by atoms with Gasteiger partial charge < -0.3 is 4.90 Å². The van der Waals surface area contributed by atoms with Gasteiger partial charge in [0.2, 0.25) is 0 Å². The van der Waals surface area contributed by atoms with E-state index >= 15 is 0 Å². The van der Waals surface area contributed by atoms with E-state index in [9.17, 15) is 4.79 Å². The van der Waals surface area contributed by atoms with Crippen LogP contribution in [0.5, 0.6) is 0 Å². The molecule has 1 aromatic rings. The zero-order chi connectivity index (χ0) is 13.0. The van der Waals surface area contributed by atoms with Gasteiger partial charge in [-0.2, -0.15) is 0 Å². The number of aryl methyl sites for hydroxylation is 1. The van der Waals surface area contributed by atoms with Gasteiger partial charge in [-0.1, -0.05) is 13.8 Å². The lowest BCUT2D eigenvalue weighted by molar-refractivity contribution is 0.112. The molecule has 0 aliphatic rings. The van der Waals surface area contributed by atoms with Gasteiger partial charge in [0.15, 0.2) is 6.29 Å². The topological polar surface area (TPSA) is 33.2 Å². The molecule has 0 saturated heterocycles. The van der Waals surface area contributed by atoms with E-state index in [-0.39, 0.29) is 0 Å². The van der Waals surface area contributed by atoms with Gasteiger partial charge in [0, 0.05) is 24.8 Å². The molecule has 1 heterocycles. The Morgan fingerprint density at radius 3 is 2.53 bits per heavy atom. The summed E-state index contributed by atoms with van der Waals surface area (Å²) in [5.41, 5.74) is 1.68. The predicted octanol–water partition coefficient (Wildman–Crippen LogP) is 3.07. The number of anilines is 1. The van der Waals surface area contributed by atoms with Crippen molar-refractivity contribution >= 4 is 12.1 Å². The maximum absolute atomic E-state index is 10.7. The Bertz CT molecular complexity index is 388. The van der Waals surface area contributed by atoms with Crippen LogP contribution in [0.1, 0.15) is 43.1 Å². The van der Waals surface area contributed by atoms with Crippen LogP contribution in [0.2, 0.25) is 0 Å². The fourth-order valence-corrected chi connectivity index (χ4v) is 2.07. The van der Waals surface area contributed by atoms with E-state index in [0.717, 1.165) is 24.1 Å². The summed E-state index contributed by atoms with van der Waals surface area (Å²) in [5.74, 6) is 1.63. The highest BCUT2D eigenvalue weighted by molar-refractivity contribution is 5.75. The Hall–Kier alpha value is -1.38. The second-order valence-electron chi connectivity index (χ2n) is 5.12. The summed E-state index contributed by atoms with van der Waals surface area (Å²) >= 11 is 0. The number of aldehydes is 1. The Kier molecular flexibility index (Phi) is 4.67. The van der Waals surface area contributed by atoms with Crippen LogP contribution in [-0.4, -0.2) is 24.4 Å². The Morgan fingerprint density at radius 2 is 2.06 bits per heavy atom. The first-order valence-electron chi connectivity index (χ1n) is 6.10. The van der Waals surface area contributed by atoms with Crippen molar-refractivity contribution in [1.29, 1.82) is 0 Å². The molecule has 0 bridgehead atoms. The van der Waals surface area contributed by atoms with Crippen molar-refractivity contribution in [2.45, 2.75) is 40.2 Å². The summed E-state index contributed by atoms with van der Waals surface area (Å²) in [7, 11) is 2.06. The van der Waals surface area contributed by atoms with Crippen molar-refractivity contribution in [3.63, 3.8) is 0 Å². The number of nitrogens with zero attached hydrogens (tertiary/aromatic N) is 2. The molecule has 1 atom stereocenters. The van der Waals surface area contributed by atoms with Crippen LogP contribution in [0.25, 0.3) is 0 Å². The summed E-state index contributed by atoms with van der Waals surface area (Å²) in [6, 6.07) is 2.33. The SMILES string of the molecule is Cc1cc(C=O)cnc1N(C)C(C)CC(C)C. The van der Waals surface area contributed by atoms with E-state index in [4.69, 9.17) is 0 Å². The Balaban J connectivity index is 2.88. The lowest BCUT2D eigenvalue weighted by Gasteiger charge is -2.28. The van der Waals surface area contributed by atoms with Crippen molar-refractivity contribution < 1.29 is 4.79 Å². The second kappa shape index (κ2) is 5.80. The van der Waals surface area contributed by atoms with Crippen LogP contribution >= 0.6 is 0 Å². The highest BCUT2D eigenvalue weighted by Gasteiger charge is 2.14. The zero-order valence-corrected chi connectivity index (χ0v) is 11.4. The standard InChI is InChI=1S/C14H22N2O/c1-10(2)6-12(4)16(5)14-11(3)7-13(9-17)8-15-14/h7-10,12H,6H2,1-5H3. The van der Waals surface area contributed by atoms with Gasteiger partial charge in [0.25, 0.3) is 0 Å². The number of rotatable bonds is 5. The maximum Gasteiger partial charge on any atom is 0.151 e. The zero-order valence-electron chi connectivity index (χ0n) is 11.4. The highest BCUT2D eigenvalue weighted by atomic mass is 16.1. The number of pyridine rings is 1. The largest absolute Gasteiger partial charge is 0.357 e. The molecule has 3 heteroatoms. The monoisotopic (exact) mass is 234 g/mol. The highest BCUT2D eigenvalue weighted by Crippen LogP contribution is 2.20. The van der Waals surface area contributed by atoms with Gasteiger partial charge >= 0.3 is 0 Å². The van der Waals surface area contributed by atoms with Crippen molar-refractivity contribution in [1.82, 2.24) is 4.98 Å². The first-order chi connectivity index (χ1) is 7.95. The lowest BCUT2D eigenvalue weighted by atomic mass is 10.0. The number of carbonyl (C=O) groups is 1. The Labute approximate surface area is 104 Å². The molecule has 0 N–H and O–H groups in total. The van der Waals surface area contributed by atoms with Gasteiger partial charge in [0.1, 0.15) is 5.82 Å². The first kappa shape index (κ1) is 13.7. The fraction of sp³-hybridized carbons (Fsp3) is 0.571. The normalized spacial score (nSPS) is 12.6. The summed E-state index contributed by atoms with van der Waals surface area (Å²) in [6.07, 6.45) is 3.60. The van der Waals surface area contributed by atoms with Gasteiger partial charge in [-0.3, -0.25) is 4.79 Å². The van der Waals surface area contributed by atoms with E-state index < -0.39 is 0 Å². The molecule has 0 amide bonds. The van der Waals surface area contributed by atoms with Crippen molar-refractivity contribution in [2.75, 3.05) is 11.9 Å². The molecule has 0 aromatic carbocycles. The van der Waals surface area contributed by atoms with E-state index in [2.05, 4.69) is 37.7 Å². The average molecular weight is 234 g/mol. The van der Waals surface area contributed by atoms with Crippen LogP contribution < -0.4 is 4.90 Å². The second-order valence-corrected chi connectivity index (χ2v) is 5.12. The molecule has 0 aliphatic heterocycles. The molecule has 94 valence electrons. The van der Waals surface area contributed by atoms with Gasteiger partial charge in [-0.25, -0.2) is 4.98 Å². The third-order valence-electron chi connectivity index (χ3n) is 3.02. The van der Waals surface area contributed by atoms with Gasteiger partial charge in [-0.15, -0.1) is 0 Å². The number of hydrogen-bond acceptors (Lipinski definition) is 3. The minimum absolute atomic E-state index is 0.447. The number of carbonyl (C=O) groups excluding carboxylic acids is 1. The Morgan fingerprint density at radius 1 is 1.41 bits per heavy atom. The molecule has 0 aliphatic carbocycles. The third kappa shape index (κ3) is 3.55. The first-order valence-corrected chi connectivity index (χ1v) is 6.10. The molecule has 3 nitrogen and oxygen atoms in total. The van der Waals surface area contributed by atoms with Crippen LogP contribution in [0.15, 0.2) is 12.3 Å². The molecule has 0 radical (unpaired) electrons.